The fourth-order valence-corrected chi connectivity index (χ4v) is 1.82. The van der Waals surface area contributed by atoms with Crippen LogP contribution in [0.15, 0.2) is 42.5 Å². The zero-order chi connectivity index (χ0) is 14.5. The molecule has 2 aromatic carbocycles. The first-order valence-electron chi connectivity index (χ1n) is 6.62. The van der Waals surface area contributed by atoms with E-state index in [9.17, 15) is 4.79 Å². The minimum atomic E-state index is -0.314. The van der Waals surface area contributed by atoms with Crippen LogP contribution in [0.25, 0.3) is 0 Å². The molecular weight excluding hydrogens is 252 g/mol. The van der Waals surface area contributed by atoms with Gasteiger partial charge in [0, 0.05) is 0 Å². The van der Waals surface area contributed by atoms with Crippen LogP contribution in [0.1, 0.15) is 28.4 Å². The maximum atomic E-state index is 11.6. The molecule has 0 aliphatic carbocycles. The van der Waals surface area contributed by atoms with Crippen molar-refractivity contribution in [2.45, 2.75) is 20.8 Å². The fourth-order valence-electron chi connectivity index (χ4n) is 1.82. The minimum Gasteiger partial charge on any atom is -0.462 e. The van der Waals surface area contributed by atoms with Gasteiger partial charge in [0.15, 0.2) is 0 Å². The average Bonchev–Trinajstić information content (AvgIpc) is 2.44. The molecule has 0 aliphatic rings. The lowest BCUT2D eigenvalue weighted by Crippen LogP contribution is -2.04. The van der Waals surface area contributed by atoms with Gasteiger partial charge in [-0.05, 0) is 62.2 Å². The summed E-state index contributed by atoms with van der Waals surface area (Å²) in [5, 5.41) is 0. The van der Waals surface area contributed by atoms with Crippen LogP contribution < -0.4 is 4.74 Å². The lowest BCUT2D eigenvalue weighted by Gasteiger charge is -2.10. The molecule has 2 aromatic rings. The van der Waals surface area contributed by atoms with E-state index in [1.807, 2.05) is 32.0 Å². The quantitative estimate of drug-likeness (QED) is 0.778. The van der Waals surface area contributed by atoms with Crippen molar-refractivity contribution in [3.63, 3.8) is 0 Å². The summed E-state index contributed by atoms with van der Waals surface area (Å²) in [6, 6.07) is 13.0. The number of benzene rings is 2. The number of hydrogen-bond acceptors (Lipinski definition) is 3. The first-order chi connectivity index (χ1) is 9.60. The largest absolute Gasteiger partial charge is 0.462 e. The van der Waals surface area contributed by atoms with Gasteiger partial charge in [-0.1, -0.05) is 12.1 Å². The highest BCUT2D eigenvalue weighted by Crippen LogP contribution is 2.26. The molecule has 0 N–H and O–H groups in total. The summed E-state index contributed by atoms with van der Waals surface area (Å²) in [5.41, 5.74) is 2.75. The van der Waals surface area contributed by atoms with E-state index in [2.05, 4.69) is 0 Å². The normalized spacial score (nSPS) is 10.2. The number of aryl methyl sites for hydroxylation is 2. The molecule has 104 valence electrons. The number of hydrogen-bond donors (Lipinski definition) is 0. The Labute approximate surface area is 119 Å². The molecule has 0 saturated carbocycles. The van der Waals surface area contributed by atoms with E-state index < -0.39 is 0 Å². The van der Waals surface area contributed by atoms with Crippen LogP contribution in [0.4, 0.5) is 0 Å². The molecular formula is C17H18O3. The molecule has 0 heterocycles. The molecule has 0 spiro atoms. The molecule has 3 heteroatoms. The Hall–Kier alpha value is -2.29. The highest BCUT2D eigenvalue weighted by Gasteiger charge is 2.07. The lowest BCUT2D eigenvalue weighted by molar-refractivity contribution is 0.0526. The van der Waals surface area contributed by atoms with E-state index in [0.717, 1.165) is 16.9 Å². The number of carbonyl (C=O) groups excluding carboxylic acids is 1. The smallest absolute Gasteiger partial charge is 0.338 e. The summed E-state index contributed by atoms with van der Waals surface area (Å²) in [7, 11) is 0. The molecule has 0 fully saturated rings. The summed E-state index contributed by atoms with van der Waals surface area (Å²) >= 11 is 0. The zero-order valence-electron chi connectivity index (χ0n) is 12.0. The van der Waals surface area contributed by atoms with Gasteiger partial charge in [-0.2, -0.15) is 0 Å². The van der Waals surface area contributed by atoms with E-state index in [4.69, 9.17) is 9.47 Å². The standard InChI is InChI=1S/C17H18O3/c1-4-19-17(18)14-7-9-15(10-8-14)20-16-11-12(2)5-6-13(16)3/h5-11H,4H2,1-3H3. The zero-order valence-corrected chi connectivity index (χ0v) is 12.0. The van der Waals surface area contributed by atoms with E-state index in [0.29, 0.717) is 17.9 Å². The predicted octanol–water partition coefficient (Wildman–Crippen LogP) is 4.27. The summed E-state index contributed by atoms with van der Waals surface area (Å²) in [6.45, 7) is 6.19. The van der Waals surface area contributed by atoms with Gasteiger partial charge in [-0.15, -0.1) is 0 Å². The van der Waals surface area contributed by atoms with Gasteiger partial charge in [0.25, 0.3) is 0 Å². The van der Waals surface area contributed by atoms with Crippen LogP contribution in [0.3, 0.4) is 0 Å². The first-order valence-corrected chi connectivity index (χ1v) is 6.62. The monoisotopic (exact) mass is 270 g/mol. The van der Waals surface area contributed by atoms with E-state index in [1.54, 1.807) is 31.2 Å². The molecule has 0 unspecified atom stereocenters. The highest BCUT2D eigenvalue weighted by molar-refractivity contribution is 5.89. The first kappa shape index (κ1) is 14.1. The van der Waals surface area contributed by atoms with Gasteiger partial charge in [0.05, 0.1) is 12.2 Å². The van der Waals surface area contributed by atoms with Crippen LogP contribution >= 0.6 is 0 Å². The maximum Gasteiger partial charge on any atom is 0.338 e. The Morgan fingerprint density at radius 3 is 2.40 bits per heavy atom. The van der Waals surface area contributed by atoms with Gasteiger partial charge in [0.2, 0.25) is 0 Å². The molecule has 3 nitrogen and oxygen atoms in total. The van der Waals surface area contributed by atoms with Crippen molar-refractivity contribution in [2.75, 3.05) is 6.61 Å². The number of carbonyl (C=O) groups is 1. The van der Waals surface area contributed by atoms with Crippen molar-refractivity contribution in [2.24, 2.45) is 0 Å². The van der Waals surface area contributed by atoms with Crippen molar-refractivity contribution in [3.05, 3.63) is 59.2 Å². The number of ether oxygens (including phenoxy) is 2. The Balaban J connectivity index is 2.14. The Morgan fingerprint density at radius 1 is 1.05 bits per heavy atom. The third-order valence-electron chi connectivity index (χ3n) is 2.94. The van der Waals surface area contributed by atoms with Gasteiger partial charge in [-0.25, -0.2) is 4.79 Å². The second kappa shape index (κ2) is 6.24. The third-order valence-corrected chi connectivity index (χ3v) is 2.94. The van der Waals surface area contributed by atoms with Crippen molar-refractivity contribution in [3.8, 4) is 11.5 Å². The van der Waals surface area contributed by atoms with Crippen LogP contribution in [0.5, 0.6) is 11.5 Å². The molecule has 2 rings (SSSR count). The predicted molar refractivity (Wildman–Crippen MR) is 78.4 cm³/mol. The molecule has 0 atom stereocenters. The summed E-state index contributed by atoms with van der Waals surface area (Å²) in [5.74, 6) is 1.21. The SMILES string of the molecule is CCOC(=O)c1ccc(Oc2cc(C)ccc2C)cc1. The van der Waals surface area contributed by atoms with Gasteiger partial charge in [-0.3, -0.25) is 0 Å². The number of esters is 1. The summed E-state index contributed by atoms with van der Waals surface area (Å²) in [6.07, 6.45) is 0. The third kappa shape index (κ3) is 3.38. The Morgan fingerprint density at radius 2 is 1.75 bits per heavy atom. The van der Waals surface area contributed by atoms with Crippen molar-refractivity contribution < 1.29 is 14.3 Å². The van der Waals surface area contributed by atoms with Crippen LogP contribution in [-0.4, -0.2) is 12.6 Å². The lowest BCUT2D eigenvalue weighted by atomic mass is 10.1. The molecule has 0 aromatic heterocycles. The summed E-state index contributed by atoms with van der Waals surface area (Å²) < 4.78 is 10.8. The van der Waals surface area contributed by atoms with Crippen molar-refractivity contribution in [1.82, 2.24) is 0 Å². The molecule has 0 saturated heterocycles. The average molecular weight is 270 g/mol. The summed E-state index contributed by atoms with van der Waals surface area (Å²) in [4.78, 5) is 11.6. The molecule has 0 amide bonds. The van der Waals surface area contributed by atoms with E-state index in [1.165, 1.54) is 0 Å². The van der Waals surface area contributed by atoms with Gasteiger partial charge >= 0.3 is 5.97 Å². The fraction of sp³-hybridized carbons (Fsp3) is 0.235. The van der Waals surface area contributed by atoms with E-state index >= 15 is 0 Å². The molecule has 0 bridgehead atoms. The second-order valence-corrected chi connectivity index (χ2v) is 4.62. The number of rotatable bonds is 4. The molecule has 20 heavy (non-hydrogen) atoms. The van der Waals surface area contributed by atoms with E-state index in [-0.39, 0.29) is 5.97 Å². The molecule has 0 aliphatic heterocycles. The van der Waals surface area contributed by atoms with Crippen LogP contribution in [0, 0.1) is 13.8 Å². The Bertz CT molecular complexity index is 600. The minimum absolute atomic E-state index is 0.314. The van der Waals surface area contributed by atoms with Gasteiger partial charge in [0.1, 0.15) is 11.5 Å². The molecule has 0 radical (unpaired) electrons. The van der Waals surface area contributed by atoms with Crippen molar-refractivity contribution >= 4 is 5.97 Å². The highest BCUT2D eigenvalue weighted by atomic mass is 16.5. The van der Waals surface area contributed by atoms with Gasteiger partial charge < -0.3 is 9.47 Å². The maximum absolute atomic E-state index is 11.6. The van der Waals surface area contributed by atoms with Crippen LogP contribution in [-0.2, 0) is 4.74 Å². The Kier molecular flexibility index (Phi) is 4.41. The van der Waals surface area contributed by atoms with Crippen molar-refractivity contribution in [1.29, 1.82) is 0 Å². The van der Waals surface area contributed by atoms with Crippen LogP contribution in [0.2, 0.25) is 0 Å². The topological polar surface area (TPSA) is 35.5 Å². The second-order valence-electron chi connectivity index (χ2n) is 4.62.